The van der Waals surface area contributed by atoms with Crippen LogP contribution in [-0.2, 0) is 10.0 Å². The average Bonchev–Trinajstić information content (AvgIpc) is 1.95. The summed E-state index contributed by atoms with van der Waals surface area (Å²) in [6.07, 6.45) is 1.61. The Hall–Kier alpha value is 0.200. The molecule has 5 heteroatoms. The van der Waals surface area contributed by atoms with Crippen LogP contribution in [0, 0.1) is 0 Å². The summed E-state index contributed by atoms with van der Waals surface area (Å²) < 4.78 is 24.9. The van der Waals surface area contributed by atoms with Gasteiger partial charge in [0.15, 0.2) is 0 Å². The lowest BCUT2D eigenvalue weighted by molar-refractivity contribution is 0.541. The van der Waals surface area contributed by atoms with Crippen molar-refractivity contribution < 1.29 is 8.42 Å². The topological polar surface area (TPSA) is 46.2 Å². The smallest absolute Gasteiger partial charge is 0.215 e. The molecule has 1 N–H and O–H groups in total. The maximum Gasteiger partial charge on any atom is 0.216 e. The van der Waals surface area contributed by atoms with Gasteiger partial charge in [0, 0.05) is 11.9 Å². The molecule has 0 amide bonds. The van der Waals surface area contributed by atoms with Gasteiger partial charge in [0.1, 0.15) is 0 Å². The first kappa shape index (κ1) is 14.2. The van der Waals surface area contributed by atoms with Crippen molar-refractivity contribution in [2.24, 2.45) is 0 Å². The Morgan fingerprint density at radius 3 is 2.21 bits per heavy atom. The van der Waals surface area contributed by atoms with Crippen molar-refractivity contribution >= 4 is 21.6 Å². The van der Waals surface area contributed by atoms with Crippen molar-refractivity contribution in [2.45, 2.75) is 50.7 Å². The summed E-state index contributed by atoms with van der Waals surface area (Å²) in [6.45, 7) is 7.41. The van der Waals surface area contributed by atoms with Crippen molar-refractivity contribution in [1.29, 1.82) is 0 Å². The summed E-state index contributed by atoms with van der Waals surface area (Å²) in [4.78, 5) is 0. The number of nitrogens with one attached hydrogen (secondary N) is 1. The van der Waals surface area contributed by atoms with E-state index in [0.29, 0.717) is 6.54 Å². The van der Waals surface area contributed by atoms with Crippen molar-refractivity contribution in [3.8, 4) is 0 Å². The molecular formula is C9H20ClNO2S. The van der Waals surface area contributed by atoms with Crippen LogP contribution in [0.4, 0.5) is 0 Å². The van der Waals surface area contributed by atoms with Crippen LogP contribution in [0.5, 0.6) is 0 Å². The zero-order valence-corrected chi connectivity index (χ0v) is 10.9. The van der Waals surface area contributed by atoms with Gasteiger partial charge in [-0.15, -0.1) is 11.6 Å². The molecule has 0 aliphatic heterocycles. The molecule has 86 valence electrons. The highest BCUT2D eigenvalue weighted by molar-refractivity contribution is 7.90. The Kier molecular flexibility index (Phi) is 5.41. The van der Waals surface area contributed by atoms with Crippen LogP contribution in [0.25, 0.3) is 0 Å². The van der Waals surface area contributed by atoms with Crippen LogP contribution in [0.3, 0.4) is 0 Å². The molecule has 0 radical (unpaired) electrons. The Labute approximate surface area is 92.3 Å². The molecule has 0 saturated carbocycles. The SMILES string of the molecule is CC(Cl)CCCNS(=O)(=O)C(C)(C)C. The molecule has 1 atom stereocenters. The number of hydrogen-bond donors (Lipinski definition) is 1. The number of halogens is 1. The van der Waals surface area contributed by atoms with Gasteiger partial charge in [-0.2, -0.15) is 0 Å². The van der Waals surface area contributed by atoms with Crippen LogP contribution in [-0.4, -0.2) is 25.1 Å². The molecule has 0 aliphatic carbocycles. The Bertz CT molecular complexity index is 254. The molecule has 0 fully saturated rings. The molecule has 0 aromatic carbocycles. The maximum atomic E-state index is 11.6. The van der Waals surface area contributed by atoms with Crippen LogP contribution in [0.2, 0.25) is 0 Å². The standard InChI is InChI=1S/C9H20ClNO2S/c1-8(10)6-5-7-11-14(12,13)9(2,3)4/h8,11H,5-7H2,1-4H3. The first-order chi connectivity index (χ1) is 6.17. The molecule has 0 rings (SSSR count). The zero-order valence-electron chi connectivity index (χ0n) is 9.30. The lowest BCUT2D eigenvalue weighted by Crippen LogP contribution is -2.39. The average molecular weight is 242 g/mol. The molecule has 3 nitrogen and oxygen atoms in total. The Balaban J connectivity index is 3.91. The molecule has 14 heavy (non-hydrogen) atoms. The third-order valence-corrected chi connectivity index (χ3v) is 4.29. The summed E-state index contributed by atoms with van der Waals surface area (Å²) in [5.41, 5.74) is 0. The summed E-state index contributed by atoms with van der Waals surface area (Å²) in [5.74, 6) is 0. The van der Waals surface area contributed by atoms with E-state index in [1.807, 2.05) is 6.92 Å². The van der Waals surface area contributed by atoms with Gasteiger partial charge in [0.05, 0.1) is 4.75 Å². The summed E-state index contributed by atoms with van der Waals surface area (Å²) in [6, 6.07) is 0. The lowest BCUT2D eigenvalue weighted by Gasteiger charge is -2.19. The van der Waals surface area contributed by atoms with E-state index in [4.69, 9.17) is 11.6 Å². The highest BCUT2D eigenvalue weighted by atomic mass is 35.5. The minimum absolute atomic E-state index is 0.106. The van der Waals surface area contributed by atoms with Gasteiger partial charge in [0.2, 0.25) is 10.0 Å². The van der Waals surface area contributed by atoms with E-state index in [2.05, 4.69) is 4.72 Å². The monoisotopic (exact) mass is 241 g/mol. The fourth-order valence-electron chi connectivity index (χ4n) is 0.806. The van der Waals surface area contributed by atoms with Crippen LogP contribution >= 0.6 is 11.6 Å². The van der Waals surface area contributed by atoms with E-state index < -0.39 is 14.8 Å². The third-order valence-electron chi connectivity index (χ3n) is 1.88. The van der Waals surface area contributed by atoms with Crippen molar-refractivity contribution in [2.75, 3.05) is 6.54 Å². The highest BCUT2D eigenvalue weighted by Gasteiger charge is 2.27. The summed E-state index contributed by atoms with van der Waals surface area (Å²) >= 11 is 5.74. The predicted molar refractivity (Wildman–Crippen MR) is 61.2 cm³/mol. The van der Waals surface area contributed by atoms with Gasteiger partial charge < -0.3 is 0 Å². The molecule has 0 spiro atoms. The fraction of sp³-hybridized carbons (Fsp3) is 1.00. The van der Waals surface area contributed by atoms with Crippen LogP contribution in [0.15, 0.2) is 0 Å². The van der Waals surface area contributed by atoms with Gasteiger partial charge in [-0.25, -0.2) is 13.1 Å². The van der Waals surface area contributed by atoms with Gasteiger partial charge in [-0.1, -0.05) is 0 Å². The largest absolute Gasteiger partial charge is 0.216 e. The summed E-state index contributed by atoms with van der Waals surface area (Å²) in [5, 5.41) is 0.106. The van der Waals surface area contributed by atoms with Gasteiger partial charge >= 0.3 is 0 Å². The van der Waals surface area contributed by atoms with E-state index >= 15 is 0 Å². The first-order valence-corrected chi connectivity index (χ1v) is 6.72. The zero-order chi connectivity index (χ0) is 11.4. The molecule has 0 aromatic heterocycles. The molecule has 0 heterocycles. The number of alkyl halides is 1. The molecule has 0 bridgehead atoms. The van der Waals surface area contributed by atoms with Gasteiger partial charge in [0.25, 0.3) is 0 Å². The van der Waals surface area contributed by atoms with Crippen molar-refractivity contribution in [1.82, 2.24) is 4.72 Å². The predicted octanol–water partition coefficient (Wildman–Crippen LogP) is 2.11. The second kappa shape index (κ2) is 5.33. The minimum atomic E-state index is -3.19. The van der Waals surface area contributed by atoms with E-state index in [0.717, 1.165) is 12.8 Å². The summed E-state index contributed by atoms with van der Waals surface area (Å²) in [7, 11) is -3.19. The highest BCUT2D eigenvalue weighted by Crippen LogP contribution is 2.13. The van der Waals surface area contributed by atoms with Crippen LogP contribution < -0.4 is 4.72 Å². The second-order valence-corrected chi connectivity index (χ2v) is 7.70. The molecule has 0 saturated heterocycles. The number of rotatable bonds is 5. The second-order valence-electron chi connectivity index (χ2n) is 4.43. The van der Waals surface area contributed by atoms with Crippen molar-refractivity contribution in [3.63, 3.8) is 0 Å². The molecule has 1 unspecified atom stereocenters. The minimum Gasteiger partial charge on any atom is -0.215 e. The van der Waals surface area contributed by atoms with Crippen LogP contribution in [0.1, 0.15) is 40.5 Å². The molecular weight excluding hydrogens is 222 g/mol. The number of hydrogen-bond acceptors (Lipinski definition) is 2. The Morgan fingerprint density at radius 1 is 1.36 bits per heavy atom. The van der Waals surface area contributed by atoms with E-state index in [1.54, 1.807) is 20.8 Å². The molecule has 0 aromatic rings. The maximum absolute atomic E-state index is 11.6. The lowest BCUT2D eigenvalue weighted by atomic mass is 10.2. The molecule has 0 aliphatic rings. The Morgan fingerprint density at radius 2 is 1.86 bits per heavy atom. The fourth-order valence-corrected chi connectivity index (χ4v) is 1.81. The van der Waals surface area contributed by atoms with Gasteiger partial charge in [-0.05, 0) is 40.5 Å². The number of sulfonamides is 1. The normalized spacial score (nSPS) is 15.5. The van der Waals surface area contributed by atoms with E-state index in [1.165, 1.54) is 0 Å². The first-order valence-electron chi connectivity index (χ1n) is 4.80. The quantitative estimate of drug-likeness (QED) is 0.592. The van der Waals surface area contributed by atoms with E-state index in [9.17, 15) is 8.42 Å². The third kappa shape index (κ3) is 5.17. The van der Waals surface area contributed by atoms with Gasteiger partial charge in [-0.3, -0.25) is 0 Å². The van der Waals surface area contributed by atoms with Crippen molar-refractivity contribution in [3.05, 3.63) is 0 Å². The van der Waals surface area contributed by atoms with E-state index in [-0.39, 0.29) is 5.38 Å².